The number of hydrogen-bond acceptors (Lipinski definition) is 5. The maximum Gasteiger partial charge on any atom is 0.254 e. The summed E-state index contributed by atoms with van der Waals surface area (Å²) in [5.74, 6) is 0.671. The fourth-order valence-electron chi connectivity index (χ4n) is 3.34. The number of carbonyl (C=O) groups excluding carboxylic acids is 2. The van der Waals surface area contributed by atoms with Gasteiger partial charge in [-0.3, -0.25) is 9.59 Å². The van der Waals surface area contributed by atoms with Crippen LogP contribution in [0.3, 0.4) is 0 Å². The molecule has 0 fully saturated rings. The Balaban J connectivity index is 2.28. The number of benzene rings is 1. The summed E-state index contributed by atoms with van der Waals surface area (Å²) in [5, 5.41) is 0. The van der Waals surface area contributed by atoms with Crippen LogP contribution in [0, 0.1) is 0 Å². The number of aryl methyl sites for hydroxylation is 1. The maximum atomic E-state index is 13.4. The van der Waals surface area contributed by atoms with Gasteiger partial charge < -0.3 is 28.6 Å². The molecule has 0 saturated carbocycles. The molecule has 1 aromatic carbocycles. The molecule has 0 aliphatic heterocycles. The number of amides is 2. The molecule has 0 N–H and O–H groups in total. The second-order valence-corrected chi connectivity index (χ2v) is 7.71. The second kappa shape index (κ2) is 12.1. The molecule has 1 heterocycles. The second-order valence-electron chi connectivity index (χ2n) is 7.71. The first kappa shape index (κ1) is 25.3. The van der Waals surface area contributed by atoms with Gasteiger partial charge in [-0.2, -0.15) is 0 Å². The first-order valence-electron chi connectivity index (χ1n) is 10.8. The molecule has 176 valence electrons. The quantitative estimate of drug-likeness (QED) is 0.502. The molecule has 2 rings (SSSR count). The number of aromatic nitrogens is 1. The first-order chi connectivity index (χ1) is 15.3. The van der Waals surface area contributed by atoms with E-state index in [2.05, 4.69) is 0 Å². The molecule has 8 heteroatoms. The average Bonchev–Trinajstić information content (AvgIpc) is 3.22. The minimum absolute atomic E-state index is 0.0263. The largest absolute Gasteiger partial charge is 0.497 e. The van der Waals surface area contributed by atoms with Crippen LogP contribution in [-0.2, 0) is 23.1 Å². The van der Waals surface area contributed by atoms with Crippen LogP contribution in [0.4, 0.5) is 0 Å². The number of ether oxygens (including phenoxy) is 3. The minimum atomic E-state index is -0.240. The van der Waals surface area contributed by atoms with E-state index in [0.717, 1.165) is 12.1 Å². The van der Waals surface area contributed by atoms with Gasteiger partial charge in [0.05, 0.1) is 27.4 Å². The van der Waals surface area contributed by atoms with E-state index in [-0.39, 0.29) is 24.4 Å². The Kier molecular flexibility index (Phi) is 9.59. The Morgan fingerprint density at radius 1 is 1.09 bits per heavy atom. The molecular weight excluding hydrogens is 410 g/mol. The summed E-state index contributed by atoms with van der Waals surface area (Å²) in [6.07, 6.45) is 2.66. The predicted molar refractivity (Wildman–Crippen MR) is 123 cm³/mol. The van der Waals surface area contributed by atoms with E-state index < -0.39 is 0 Å². The van der Waals surface area contributed by atoms with Gasteiger partial charge in [0, 0.05) is 50.3 Å². The third-order valence-corrected chi connectivity index (χ3v) is 5.61. The lowest BCUT2D eigenvalue weighted by Gasteiger charge is -2.31. The zero-order chi connectivity index (χ0) is 23.7. The highest BCUT2D eigenvalue weighted by molar-refractivity contribution is 5.97. The molecule has 0 spiro atoms. The number of rotatable bonds is 12. The van der Waals surface area contributed by atoms with Gasteiger partial charge >= 0.3 is 0 Å². The predicted octanol–water partition coefficient (Wildman–Crippen LogP) is 2.96. The minimum Gasteiger partial charge on any atom is -0.497 e. The summed E-state index contributed by atoms with van der Waals surface area (Å²) in [6, 6.07) is 8.84. The van der Waals surface area contributed by atoms with Crippen molar-refractivity contribution in [2.24, 2.45) is 7.05 Å². The summed E-state index contributed by atoms with van der Waals surface area (Å²) >= 11 is 0. The number of methoxy groups -OCH3 is 3. The van der Waals surface area contributed by atoms with Crippen LogP contribution < -0.4 is 9.47 Å². The van der Waals surface area contributed by atoms with Gasteiger partial charge in [0.1, 0.15) is 18.0 Å². The number of carbonyl (C=O) groups is 2. The number of hydrogen-bond donors (Lipinski definition) is 0. The van der Waals surface area contributed by atoms with Crippen LogP contribution in [0.2, 0.25) is 0 Å². The third kappa shape index (κ3) is 6.50. The molecule has 8 nitrogen and oxygen atoms in total. The SMILES string of the molecule is CCC(C)N(CC(=O)N(CCOC)Cc1cccn1C)C(=O)c1cc(OC)cc(OC)c1. The van der Waals surface area contributed by atoms with E-state index in [1.165, 1.54) is 14.2 Å². The van der Waals surface area contributed by atoms with Crippen molar-refractivity contribution in [3.05, 3.63) is 47.8 Å². The average molecular weight is 446 g/mol. The normalized spacial score (nSPS) is 11.7. The van der Waals surface area contributed by atoms with Crippen LogP contribution in [-0.4, -0.2) is 73.2 Å². The van der Waals surface area contributed by atoms with Gasteiger partial charge in [-0.15, -0.1) is 0 Å². The summed E-state index contributed by atoms with van der Waals surface area (Å²) in [7, 11) is 6.63. The molecule has 2 amide bonds. The molecule has 32 heavy (non-hydrogen) atoms. The van der Waals surface area contributed by atoms with Gasteiger partial charge in [0.2, 0.25) is 5.91 Å². The zero-order valence-electron chi connectivity index (χ0n) is 20.0. The number of nitrogens with zero attached hydrogens (tertiary/aromatic N) is 3. The van der Waals surface area contributed by atoms with Crippen LogP contribution in [0.5, 0.6) is 11.5 Å². The summed E-state index contributed by atoms with van der Waals surface area (Å²) in [4.78, 5) is 30.1. The van der Waals surface area contributed by atoms with Crippen LogP contribution >= 0.6 is 0 Å². The van der Waals surface area contributed by atoms with Crippen molar-refractivity contribution in [3.8, 4) is 11.5 Å². The first-order valence-corrected chi connectivity index (χ1v) is 10.8. The highest BCUT2D eigenvalue weighted by atomic mass is 16.5. The molecule has 1 atom stereocenters. The van der Waals surface area contributed by atoms with Gasteiger partial charge in [0.25, 0.3) is 5.91 Å². The molecule has 2 aromatic rings. The smallest absolute Gasteiger partial charge is 0.254 e. The standard InChI is InChI=1S/C24H35N3O5/c1-7-18(2)27(24(29)19-13-21(31-5)15-22(14-19)32-6)17-23(28)26(11-12-30-4)16-20-9-8-10-25(20)3/h8-10,13-15,18H,7,11-12,16-17H2,1-6H3. The fourth-order valence-corrected chi connectivity index (χ4v) is 3.34. The highest BCUT2D eigenvalue weighted by Gasteiger charge is 2.26. The Hall–Kier alpha value is -3.00. The molecule has 1 unspecified atom stereocenters. The van der Waals surface area contributed by atoms with Gasteiger partial charge in [-0.1, -0.05) is 6.92 Å². The lowest BCUT2D eigenvalue weighted by Crippen LogP contribution is -2.47. The fraction of sp³-hybridized carbons (Fsp3) is 0.500. The van der Waals surface area contributed by atoms with Crippen molar-refractivity contribution in [1.29, 1.82) is 0 Å². The molecule has 0 aliphatic carbocycles. The van der Waals surface area contributed by atoms with Crippen molar-refractivity contribution >= 4 is 11.8 Å². The highest BCUT2D eigenvalue weighted by Crippen LogP contribution is 2.24. The molecule has 0 saturated heterocycles. The topological polar surface area (TPSA) is 73.2 Å². The van der Waals surface area contributed by atoms with E-state index in [1.54, 1.807) is 35.1 Å². The van der Waals surface area contributed by atoms with Crippen molar-refractivity contribution in [2.45, 2.75) is 32.9 Å². The van der Waals surface area contributed by atoms with Crippen molar-refractivity contribution in [1.82, 2.24) is 14.4 Å². The Morgan fingerprint density at radius 3 is 2.25 bits per heavy atom. The summed E-state index contributed by atoms with van der Waals surface area (Å²) in [6.45, 7) is 5.22. The van der Waals surface area contributed by atoms with Crippen LogP contribution in [0.15, 0.2) is 36.5 Å². The Morgan fingerprint density at radius 2 is 1.75 bits per heavy atom. The van der Waals surface area contributed by atoms with E-state index >= 15 is 0 Å². The molecule has 1 aromatic heterocycles. The van der Waals surface area contributed by atoms with E-state index in [0.29, 0.717) is 36.8 Å². The lowest BCUT2D eigenvalue weighted by atomic mass is 10.1. The zero-order valence-corrected chi connectivity index (χ0v) is 20.0. The maximum absolute atomic E-state index is 13.4. The van der Waals surface area contributed by atoms with Crippen LogP contribution in [0.25, 0.3) is 0 Å². The molecule has 0 radical (unpaired) electrons. The Labute approximate surface area is 190 Å². The van der Waals surface area contributed by atoms with Crippen molar-refractivity contribution in [2.75, 3.05) is 41.0 Å². The summed E-state index contributed by atoms with van der Waals surface area (Å²) < 4.78 is 17.8. The van der Waals surface area contributed by atoms with Crippen molar-refractivity contribution in [3.63, 3.8) is 0 Å². The van der Waals surface area contributed by atoms with Gasteiger partial charge in [0.15, 0.2) is 0 Å². The van der Waals surface area contributed by atoms with Crippen molar-refractivity contribution < 1.29 is 23.8 Å². The summed E-state index contributed by atoms with van der Waals surface area (Å²) in [5.41, 5.74) is 1.42. The van der Waals surface area contributed by atoms with E-state index in [9.17, 15) is 9.59 Å². The van der Waals surface area contributed by atoms with E-state index in [1.807, 2.05) is 43.8 Å². The monoisotopic (exact) mass is 445 g/mol. The third-order valence-electron chi connectivity index (χ3n) is 5.61. The van der Waals surface area contributed by atoms with Crippen LogP contribution in [0.1, 0.15) is 36.3 Å². The van der Waals surface area contributed by atoms with E-state index in [4.69, 9.17) is 14.2 Å². The molecule has 0 aliphatic rings. The van der Waals surface area contributed by atoms with Gasteiger partial charge in [-0.05, 0) is 37.6 Å². The molecule has 0 bridgehead atoms. The Bertz CT molecular complexity index is 873. The van der Waals surface area contributed by atoms with Gasteiger partial charge in [-0.25, -0.2) is 0 Å². The molecular formula is C24H35N3O5. The lowest BCUT2D eigenvalue weighted by molar-refractivity contribution is -0.133.